The lowest BCUT2D eigenvalue weighted by molar-refractivity contribution is 0.584. The van der Waals surface area contributed by atoms with Crippen molar-refractivity contribution < 1.29 is 17.2 Å². The summed E-state index contributed by atoms with van der Waals surface area (Å²) in [5.41, 5.74) is 1.99. The number of sulfonamides is 1. The van der Waals surface area contributed by atoms with Crippen LogP contribution in [-0.2, 0) is 10.0 Å². The highest BCUT2D eigenvalue weighted by atomic mass is 32.2. The second kappa shape index (κ2) is 6.84. The number of aryl methyl sites for hydroxylation is 2. The van der Waals surface area contributed by atoms with Gasteiger partial charge in [0, 0.05) is 11.8 Å². The van der Waals surface area contributed by atoms with Crippen LogP contribution in [-0.4, -0.2) is 13.4 Å². The van der Waals surface area contributed by atoms with E-state index in [9.17, 15) is 17.2 Å². The van der Waals surface area contributed by atoms with Gasteiger partial charge in [0.1, 0.15) is 17.5 Å². The number of hydrogen-bond acceptors (Lipinski definition) is 3. The molecule has 2 aromatic carbocycles. The Morgan fingerprint density at radius 2 is 1.58 bits per heavy atom. The van der Waals surface area contributed by atoms with E-state index in [0.717, 1.165) is 6.07 Å². The Balaban J connectivity index is 1.96. The van der Waals surface area contributed by atoms with Gasteiger partial charge in [-0.05, 0) is 60.9 Å². The molecule has 134 valence electrons. The first-order valence-electron chi connectivity index (χ1n) is 7.78. The van der Waals surface area contributed by atoms with Crippen LogP contribution in [0.25, 0.3) is 11.1 Å². The largest absolute Gasteiger partial charge is 0.263 e. The van der Waals surface area contributed by atoms with E-state index < -0.39 is 21.7 Å². The van der Waals surface area contributed by atoms with Crippen LogP contribution in [0.4, 0.5) is 14.6 Å². The Bertz CT molecular complexity index is 1060. The average Bonchev–Trinajstić information content (AvgIpc) is 2.53. The van der Waals surface area contributed by atoms with Crippen molar-refractivity contribution in [1.82, 2.24) is 4.98 Å². The molecular weight excluding hydrogens is 358 g/mol. The van der Waals surface area contributed by atoms with Gasteiger partial charge >= 0.3 is 0 Å². The standard InChI is InChI=1S/C19H16F2N2O2S/c1-12-8-14(15-9-16(20)11-17(21)10-15)6-7-18(12)26(24,25)23-19-5-3-4-13(2)22-19/h3-11H,1-2H3,(H,22,23). The highest BCUT2D eigenvalue weighted by Crippen LogP contribution is 2.27. The predicted octanol–water partition coefficient (Wildman–Crippen LogP) is 4.44. The number of halogens is 2. The van der Waals surface area contributed by atoms with Crippen LogP contribution in [0, 0.1) is 25.5 Å². The highest BCUT2D eigenvalue weighted by molar-refractivity contribution is 7.92. The lowest BCUT2D eigenvalue weighted by Gasteiger charge is -2.12. The van der Waals surface area contributed by atoms with E-state index >= 15 is 0 Å². The number of nitrogens with zero attached hydrogens (tertiary/aromatic N) is 1. The third kappa shape index (κ3) is 3.88. The Kier molecular flexibility index (Phi) is 4.73. The third-order valence-corrected chi connectivity index (χ3v) is 5.30. The van der Waals surface area contributed by atoms with Crippen LogP contribution in [0.15, 0.2) is 59.5 Å². The van der Waals surface area contributed by atoms with Gasteiger partial charge in [-0.1, -0.05) is 18.2 Å². The van der Waals surface area contributed by atoms with Crippen LogP contribution in [0.3, 0.4) is 0 Å². The highest BCUT2D eigenvalue weighted by Gasteiger charge is 2.18. The second-order valence-corrected chi connectivity index (χ2v) is 7.56. The quantitative estimate of drug-likeness (QED) is 0.734. The van der Waals surface area contributed by atoms with Gasteiger partial charge in [0.25, 0.3) is 10.0 Å². The van der Waals surface area contributed by atoms with Crippen LogP contribution in [0.2, 0.25) is 0 Å². The number of anilines is 1. The van der Waals surface area contributed by atoms with E-state index in [2.05, 4.69) is 9.71 Å². The Morgan fingerprint density at radius 1 is 0.885 bits per heavy atom. The van der Waals surface area contributed by atoms with Crippen molar-refractivity contribution in [1.29, 1.82) is 0 Å². The molecular formula is C19H16F2N2O2S. The van der Waals surface area contributed by atoms with E-state index in [4.69, 9.17) is 0 Å². The Hall–Kier alpha value is -2.80. The molecule has 0 fully saturated rings. The van der Waals surface area contributed by atoms with Gasteiger partial charge in [0.05, 0.1) is 4.90 Å². The number of pyridine rings is 1. The van der Waals surface area contributed by atoms with Gasteiger partial charge in [0.2, 0.25) is 0 Å². The molecule has 4 nitrogen and oxygen atoms in total. The summed E-state index contributed by atoms with van der Waals surface area (Å²) in [5.74, 6) is -1.16. The first-order valence-corrected chi connectivity index (χ1v) is 9.26. The minimum Gasteiger partial charge on any atom is -0.263 e. The molecule has 0 saturated carbocycles. The van der Waals surface area contributed by atoms with Crippen LogP contribution < -0.4 is 4.72 Å². The minimum absolute atomic E-state index is 0.0708. The lowest BCUT2D eigenvalue weighted by Crippen LogP contribution is -2.15. The molecule has 0 amide bonds. The fraction of sp³-hybridized carbons (Fsp3) is 0.105. The number of rotatable bonds is 4. The SMILES string of the molecule is Cc1cccc(NS(=O)(=O)c2ccc(-c3cc(F)cc(F)c3)cc2C)n1. The van der Waals surface area contributed by atoms with Gasteiger partial charge < -0.3 is 0 Å². The first kappa shape index (κ1) is 18.0. The molecule has 0 aliphatic rings. The molecule has 0 atom stereocenters. The molecule has 1 heterocycles. The molecule has 0 radical (unpaired) electrons. The molecule has 0 aliphatic carbocycles. The van der Waals surface area contributed by atoms with Crippen LogP contribution in [0.5, 0.6) is 0 Å². The first-order chi connectivity index (χ1) is 12.2. The summed E-state index contributed by atoms with van der Waals surface area (Å²) in [5, 5.41) is 0. The van der Waals surface area contributed by atoms with E-state index in [0.29, 0.717) is 22.4 Å². The maximum atomic E-state index is 13.4. The zero-order chi connectivity index (χ0) is 18.9. The van der Waals surface area contributed by atoms with Crippen molar-refractivity contribution in [3.8, 4) is 11.1 Å². The normalized spacial score (nSPS) is 11.4. The van der Waals surface area contributed by atoms with Crippen molar-refractivity contribution in [2.45, 2.75) is 18.7 Å². The van der Waals surface area contributed by atoms with Crippen molar-refractivity contribution in [3.63, 3.8) is 0 Å². The summed E-state index contributed by atoms with van der Waals surface area (Å²) >= 11 is 0. The maximum Gasteiger partial charge on any atom is 0.263 e. The van der Waals surface area contributed by atoms with Gasteiger partial charge in [-0.25, -0.2) is 22.2 Å². The summed E-state index contributed by atoms with van der Waals surface area (Å²) in [7, 11) is -3.84. The Morgan fingerprint density at radius 3 is 2.19 bits per heavy atom. The van der Waals surface area contributed by atoms with E-state index in [1.807, 2.05) is 0 Å². The predicted molar refractivity (Wildman–Crippen MR) is 96.3 cm³/mol. The van der Waals surface area contributed by atoms with Gasteiger partial charge in [-0.3, -0.25) is 4.72 Å². The molecule has 0 spiro atoms. The lowest BCUT2D eigenvalue weighted by atomic mass is 10.0. The molecule has 7 heteroatoms. The molecule has 0 saturated heterocycles. The molecule has 3 rings (SSSR count). The van der Waals surface area contributed by atoms with E-state index in [1.165, 1.54) is 24.3 Å². The molecule has 3 aromatic rings. The summed E-state index contributed by atoms with van der Waals surface area (Å²) in [6.45, 7) is 3.38. The zero-order valence-electron chi connectivity index (χ0n) is 14.1. The van der Waals surface area contributed by atoms with Crippen molar-refractivity contribution >= 4 is 15.8 Å². The topological polar surface area (TPSA) is 59.1 Å². The Labute approximate surface area is 150 Å². The number of aromatic nitrogens is 1. The summed E-state index contributed by atoms with van der Waals surface area (Å²) in [4.78, 5) is 4.20. The molecule has 26 heavy (non-hydrogen) atoms. The third-order valence-electron chi connectivity index (χ3n) is 3.79. The van der Waals surface area contributed by atoms with Gasteiger partial charge in [-0.15, -0.1) is 0 Å². The van der Waals surface area contributed by atoms with Crippen molar-refractivity contribution in [3.05, 3.63) is 77.5 Å². The summed E-state index contributed by atoms with van der Waals surface area (Å²) in [6.07, 6.45) is 0. The smallest absolute Gasteiger partial charge is 0.263 e. The molecule has 0 aliphatic heterocycles. The fourth-order valence-corrected chi connectivity index (χ4v) is 3.87. The monoisotopic (exact) mass is 374 g/mol. The van der Waals surface area contributed by atoms with Crippen molar-refractivity contribution in [2.24, 2.45) is 0 Å². The number of benzene rings is 2. The molecule has 0 bridgehead atoms. The molecule has 0 unspecified atom stereocenters. The average molecular weight is 374 g/mol. The number of nitrogens with one attached hydrogen (secondary N) is 1. The van der Waals surface area contributed by atoms with Crippen molar-refractivity contribution in [2.75, 3.05) is 4.72 Å². The fourth-order valence-electron chi connectivity index (χ4n) is 2.64. The molecule has 1 aromatic heterocycles. The minimum atomic E-state index is -3.84. The maximum absolute atomic E-state index is 13.4. The van der Waals surface area contributed by atoms with E-state index in [-0.39, 0.29) is 10.7 Å². The second-order valence-electron chi connectivity index (χ2n) is 5.91. The van der Waals surface area contributed by atoms with Gasteiger partial charge in [-0.2, -0.15) is 0 Å². The zero-order valence-corrected chi connectivity index (χ0v) is 14.9. The summed E-state index contributed by atoms with van der Waals surface area (Å²) < 4.78 is 54.5. The summed E-state index contributed by atoms with van der Waals surface area (Å²) in [6, 6.07) is 12.7. The number of hydrogen-bond donors (Lipinski definition) is 1. The van der Waals surface area contributed by atoms with Crippen LogP contribution in [0.1, 0.15) is 11.3 Å². The van der Waals surface area contributed by atoms with E-state index in [1.54, 1.807) is 38.1 Å². The van der Waals surface area contributed by atoms with Crippen LogP contribution >= 0.6 is 0 Å². The van der Waals surface area contributed by atoms with Gasteiger partial charge in [0.15, 0.2) is 0 Å². The molecule has 1 N–H and O–H groups in total.